The fourth-order valence-electron chi connectivity index (χ4n) is 0.804. The van der Waals surface area contributed by atoms with E-state index in [1.54, 1.807) is 13.8 Å². The highest BCUT2D eigenvalue weighted by Gasteiger charge is 2.09. The molecule has 0 aromatic heterocycles. The van der Waals surface area contributed by atoms with Crippen molar-refractivity contribution in [1.29, 1.82) is 0 Å². The van der Waals surface area contributed by atoms with Crippen molar-refractivity contribution in [3.05, 3.63) is 12.2 Å². The molecule has 0 bridgehead atoms. The summed E-state index contributed by atoms with van der Waals surface area (Å²) in [5.41, 5.74) is 0.400. The van der Waals surface area contributed by atoms with E-state index in [2.05, 4.69) is 16.6 Å². The third-order valence-corrected chi connectivity index (χ3v) is 2.20. The molecule has 0 heterocycles. The first kappa shape index (κ1) is 13.1. The Morgan fingerprint density at radius 2 is 2.00 bits per heavy atom. The minimum Gasteiger partial charge on any atom is -0.351 e. The average molecular weight is 220 g/mol. The van der Waals surface area contributed by atoms with Gasteiger partial charge in [0.15, 0.2) is 0 Å². The van der Waals surface area contributed by atoms with Gasteiger partial charge < -0.3 is 5.32 Å². The quantitative estimate of drug-likeness (QED) is 0.620. The minimum atomic E-state index is -3.22. The Morgan fingerprint density at radius 1 is 1.50 bits per heavy atom. The van der Waals surface area contributed by atoms with Gasteiger partial charge in [0, 0.05) is 18.2 Å². The molecule has 1 atom stereocenters. The summed E-state index contributed by atoms with van der Waals surface area (Å²) in [5.74, 6) is -0.271. The normalized spacial score (nSPS) is 13.4. The van der Waals surface area contributed by atoms with Crippen LogP contribution in [0, 0.1) is 0 Å². The summed E-state index contributed by atoms with van der Waals surface area (Å²) in [4.78, 5) is 11.0. The number of hydrogen-bond acceptors (Lipinski definition) is 3. The summed E-state index contributed by atoms with van der Waals surface area (Å²) in [7, 11) is -3.22. The average Bonchev–Trinajstić information content (AvgIpc) is 1.96. The van der Waals surface area contributed by atoms with E-state index in [0.717, 1.165) is 6.26 Å². The number of carbonyl (C=O) groups is 1. The Kier molecular flexibility index (Phi) is 4.79. The van der Waals surface area contributed by atoms with E-state index in [1.807, 2.05) is 0 Å². The van der Waals surface area contributed by atoms with Gasteiger partial charge in [-0.3, -0.25) is 4.79 Å². The van der Waals surface area contributed by atoms with E-state index in [9.17, 15) is 13.2 Å². The van der Waals surface area contributed by atoms with Crippen LogP contribution in [0.5, 0.6) is 0 Å². The fourth-order valence-corrected chi connectivity index (χ4v) is 1.62. The van der Waals surface area contributed by atoms with Gasteiger partial charge in [0.25, 0.3) is 0 Å². The van der Waals surface area contributed by atoms with E-state index in [-0.39, 0.29) is 18.5 Å². The van der Waals surface area contributed by atoms with Crippen molar-refractivity contribution < 1.29 is 13.2 Å². The van der Waals surface area contributed by atoms with Gasteiger partial charge in [0.1, 0.15) is 0 Å². The molecule has 5 nitrogen and oxygen atoms in total. The Morgan fingerprint density at radius 3 is 2.36 bits per heavy atom. The molecule has 14 heavy (non-hydrogen) atoms. The molecule has 0 aromatic carbocycles. The standard InChI is InChI=1S/C8H16N2O3S/c1-6(2)8(11)9-5-7(3)10-14(4,12)13/h7,10H,1,5H2,2-4H3,(H,9,11). The third kappa shape index (κ3) is 6.62. The number of sulfonamides is 1. The second-order valence-electron chi connectivity index (χ2n) is 3.28. The first-order chi connectivity index (χ1) is 6.22. The van der Waals surface area contributed by atoms with E-state index in [4.69, 9.17) is 0 Å². The van der Waals surface area contributed by atoms with Crippen LogP contribution in [-0.2, 0) is 14.8 Å². The van der Waals surface area contributed by atoms with Gasteiger partial charge in [-0.15, -0.1) is 0 Å². The smallest absolute Gasteiger partial charge is 0.246 e. The summed E-state index contributed by atoms with van der Waals surface area (Å²) >= 11 is 0. The van der Waals surface area contributed by atoms with E-state index >= 15 is 0 Å². The van der Waals surface area contributed by atoms with Crippen molar-refractivity contribution >= 4 is 15.9 Å². The van der Waals surface area contributed by atoms with Crippen LogP contribution < -0.4 is 10.0 Å². The van der Waals surface area contributed by atoms with Crippen molar-refractivity contribution in [1.82, 2.24) is 10.0 Å². The lowest BCUT2D eigenvalue weighted by atomic mass is 10.3. The number of amides is 1. The Hall–Kier alpha value is -0.880. The predicted octanol–water partition coefficient (Wildman–Crippen LogP) is -0.384. The molecule has 0 aliphatic carbocycles. The zero-order chi connectivity index (χ0) is 11.4. The largest absolute Gasteiger partial charge is 0.351 e. The Balaban J connectivity index is 3.92. The van der Waals surface area contributed by atoms with Gasteiger partial charge in [0.05, 0.1) is 6.26 Å². The SMILES string of the molecule is C=C(C)C(=O)NCC(C)NS(C)(=O)=O. The molecule has 0 fully saturated rings. The molecule has 2 N–H and O–H groups in total. The molecular weight excluding hydrogens is 204 g/mol. The van der Waals surface area contributed by atoms with Crippen LogP contribution in [0.3, 0.4) is 0 Å². The maximum Gasteiger partial charge on any atom is 0.246 e. The summed E-state index contributed by atoms with van der Waals surface area (Å²) < 4.78 is 23.9. The highest BCUT2D eigenvalue weighted by atomic mass is 32.2. The minimum absolute atomic E-state index is 0.249. The second-order valence-corrected chi connectivity index (χ2v) is 5.06. The molecule has 0 rings (SSSR count). The summed E-state index contributed by atoms with van der Waals surface area (Å²) in [6.07, 6.45) is 1.07. The van der Waals surface area contributed by atoms with Crippen LogP contribution in [0.15, 0.2) is 12.2 Å². The molecule has 6 heteroatoms. The maximum absolute atomic E-state index is 11.0. The molecule has 0 aliphatic heterocycles. The highest BCUT2D eigenvalue weighted by molar-refractivity contribution is 7.88. The molecule has 0 saturated carbocycles. The molecule has 0 saturated heterocycles. The second kappa shape index (κ2) is 5.11. The Bertz CT molecular complexity index is 321. The molecule has 0 aliphatic rings. The summed E-state index contributed by atoms with van der Waals surface area (Å²) in [5, 5.41) is 2.54. The molecule has 0 spiro atoms. The fraction of sp³-hybridized carbons (Fsp3) is 0.625. The van der Waals surface area contributed by atoms with Gasteiger partial charge in [0.2, 0.25) is 15.9 Å². The molecule has 0 aromatic rings. The monoisotopic (exact) mass is 220 g/mol. The zero-order valence-corrected chi connectivity index (χ0v) is 9.44. The van der Waals surface area contributed by atoms with Gasteiger partial charge in [-0.25, -0.2) is 13.1 Å². The van der Waals surface area contributed by atoms with Gasteiger partial charge >= 0.3 is 0 Å². The van der Waals surface area contributed by atoms with Crippen molar-refractivity contribution in [2.45, 2.75) is 19.9 Å². The maximum atomic E-state index is 11.0. The van der Waals surface area contributed by atoms with Crippen molar-refractivity contribution in [3.63, 3.8) is 0 Å². The van der Waals surface area contributed by atoms with Crippen LogP contribution in [0.1, 0.15) is 13.8 Å². The highest BCUT2D eigenvalue weighted by Crippen LogP contribution is 1.88. The number of hydrogen-bond donors (Lipinski definition) is 2. The van der Waals surface area contributed by atoms with Crippen LogP contribution in [0.25, 0.3) is 0 Å². The predicted molar refractivity (Wildman–Crippen MR) is 55.3 cm³/mol. The van der Waals surface area contributed by atoms with Crippen molar-refractivity contribution in [2.75, 3.05) is 12.8 Å². The van der Waals surface area contributed by atoms with E-state index in [0.29, 0.717) is 5.57 Å². The number of nitrogens with one attached hydrogen (secondary N) is 2. The van der Waals surface area contributed by atoms with E-state index < -0.39 is 10.0 Å². The van der Waals surface area contributed by atoms with Gasteiger partial charge in [-0.2, -0.15) is 0 Å². The van der Waals surface area contributed by atoms with E-state index in [1.165, 1.54) is 0 Å². The molecule has 0 radical (unpaired) electrons. The lowest BCUT2D eigenvalue weighted by Crippen LogP contribution is -2.41. The van der Waals surface area contributed by atoms with Crippen LogP contribution >= 0.6 is 0 Å². The zero-order valence-electron chi connectivity index (χ0n) is 8.62. The summed E-state index contributed by atoms with van der Waals surface area (Å²) in [6, 6.07) is -0.326. The first-order valence-electron chi connectivity index (χ1n) is 4.13. The van der Waals surface area contributed by atoms with Crippen LogP contribution in [-0.4, -0.2) is 33.2 Å². The molecule has 82 valence electrons. The van der Waals surface area contributed by atoms with Crippen LogP contribution in [0.4, 0.5) is 0 Å². The van der Waals surface area contributed by atoms with Crippen molar-refractivity contribution in [3.8, 4) is 0 Å². The van der Waals surface area contributed by atoms with Crippen LogP contribution in [0.2, 0.25) is 0 Å². The number of rotatable bonds is 5. The number of carbonyl (C=O) groups excluding carboxylic acids is 1. The molecule has 1 amide bonds. The lowest BCUT2D eigenvalue weighted by Gasteiger charge is -2.12. The first-order valence-corrected chi connectivity index (χ1v) is 6.02. The molecule has 1 unspecified atom stereocenters. The molecular formula is C8H16N2O3S. The lowest BCUT2D eigenvalue weighted by molar-refractivity contribution is -0.117. The topological polar surface area (TPSA) is 75.3 Å². The van der Waals surface area contributed by atoms with Gasteiger partial charge in [-0.05, 0) is 13.8 Å². The van der Waals surface area contributed by atoms with Gasteiger partial charge in [-0.1, -0.05) is 6.58 Å². The van der Waals surface area contributed by atoms with Crippen molar-refractivity contribution in [2.24, 2.45) is 0 Å². The Labute approximate surface area is 84.6 Å². The third-order valence-electron chi connectivity index (χ3n) is 1.37. The summed E-state index contributed by atoms with van der Waals surface area (Å²) in [6.45, 7) is 6.96.